The molecule has 0 aromatic carbocycles. The molecule has 7 nitrogen and oxygen atoms in total. The van der Waals surface area contributed by atoms with Crippen LogP contribution >= 0.6 is 0 Å². The molecular weight excluding hydrogens is 168 g/mol. The van der Waals surface area contributed by atoms with E-state index in [0.29, 0.717) is 0 Å². The van der Waals surface area contributed by atoms with Crippen LogP contribution in [0.3, 0.4) is 0 Å². The van der Waals surface area contributed by atoms with Crippen LogP contribution in [0.15, 0.2) is 0 Å². The molecule has 0 aliphatic carbocycles. The van der Waals surface area contributed by atoms with Gasteiger partial charge in [0.15, 0.2) is 0 Å². The number of carboxylic acid groups (broad SMARTS) is 1. The first-order valence-corrected chi connectivity index (χ1v) is 3.20. The van der Waals surface area contributed by atoms with Gasteiger partial charge in [0.1, 0.15) is 0 Å². The molecule has 0 aromatic heterocycles. The molecule has 58 valence electrons. The van der Waals surface area contributed by atoms with E-state index in [1.54, 1.807) is 0 Å². The SMILES string of the molecule is O=C(O)OC(=O)S(=O)(=O)O. The molecule has 0 unspecified atom stereocenters. The molecule has 0 fully saturated rings. The zero-order chi connectivity index (χ0) is 8.36. The second-order valence-electron chi connectivity index (χ2n) is 1.09. The molecule has 0 spiro atoms. The minimum Gasteiger partial charge on any atom is -0.449 e. The van der Waals surface area contributed by atoms with Crippen LogP contribution in [0, 0.1) is 0 Å². The Kier molecular flexibility index (Phi) is 2.32. The average molecular weight is 170 g/mol. The van der Waals surface area contributed by atoms with Gasteiger partial charge in [0.2, 0.25) is 0 Å². The van der Waals surface area contributed by atoms with Gasteiger partial charge in [-0.2, -0.15) is 8.42 Å². The molecule has 0 heterocycles. The summed E-state index contributed by atoms with van der Waals surface area (Å²) in [5, 5.41) is 5.42. The lowest BCUT2D eigenvalue weighted by Crippen LogP contribution is -2.17. The van der Waals surface area contributed by atoms with E-state index in [1.807, 2.05) is 0 Å². The van der Waals surface area contributed by atoms with Crippen LogP contribution in [0.2, 0.25) is 0 Å². The summed E-state index contributed by atoms with van der Waals surface area (Å²) in [5.74, 6) is 0. The van der Waals surface area contributed by atoms with Crippen LogP contribution in [0.5, 0.6) is 0 Å². The van der Waals surface area contributed by atoms with Gasteiger partial charge in [-0.1, -0.05) is 0 Å². The monoisotopic (exact) mass is 170 g/mol. The highest BCUT2D eigenvalue weighted by atomic mass is 32.2. The fourth-order valence-corrected chi connectivity index (χ4v) is 0.301. The van der Waals surface area contributed by atoms with E-state index in [2.05, 4.69) is 4.74 Å². The normalized spacial score (nSPS) is 10.5. The smallest absolute Gasteiger partial charge is 0.449 e. The largest absolute Gasteiger partial charge is 0.514 e. The van der Waals surface area contributed by atoms with Crippen molar-refractivity contribution < 1.29 is 32.4 Å². The van der Waals surface area contributed by atoms with E-state index in [-0.39, 0.29) is 0 Å². The summed E-state index contributed by atoms with van der Waals surface area (Å²) in [6.07, 6.45) is -2.09. The van der Waals surface area contributed by atoms with Gasteiger partial charge < -0.3 is 9.84 Å². The second kappa shape index (κ2) is 2.62. The lowest BCUT2D eigenvalue weighted by molar-refractivity contribution is 0.119. The first-order chi connectivity index (χ1) is 4.34. The van der Waals surface area contributed by atoms with Crippen molar-refractivity contribution in [1.29, 1.82) is 0 Å². The summed E-state index contributed by atoms with van der Waals surface area (Å²) < 4.78 is 30.2. The molecule has 0 aromatic rings. The van der Waals surface area contributed by atoms with Gasteiger partial charge in [-0.3, -0.25) is 4.55 Å². The minimum absolute atomic E-state index is 2.09. The van der Waals surface area contributed by atoms with E-state index >= 15 is 0 Å². The predicted molar refractivity (Wildman–Crippen MR) is 26.1 cm³/mol. The standard InChI is InChI=1S/C2H2O7S/c3-1(4)9-2(5)10(6,7)8/h(H,3,4)(H,6,7,8). The highest BCUT2D eigenvalue weighted by Crippen LogP contribution is 1.90. The molecule has 2 N–H and O–H groups in total. The molecule has 0 atom stereocenters. The van der Waals surface area contributed by atoms with E-state index in [9.17, 15) is 18.0 Å². The van der Waals surface area contributed by atoms with Gasteiger partial charge in [0.25, 0.3) is 0 Å². The Morgan fingerprint density at radius 1 is 1.30 bits per heavy atom. The Bertz CT molecular complexity index is 247. The third-order valence-electron chi connectivity index (χ3n) is 0.381. The first kappa shape index (κ1) is 8.85. The summed E-state index contributed by atoms with van der Waals surface area (Å²) >= 11 is 0. The lowest BCUT2D eigenvalue weighted by atomic mass is 11.3. The maximum absolute atomic E-state index is 9.83. The molecule has 0 rings (SSSR count). The Balaban J connectivity index is 4.28. The summed E-state index contributed by atoms with van der Waals surface area (Å²) in [4.78, 5) is 19.3. The summed E-state index contributed by atoms with van der Waals surface area (Å²) in [6.45, 7) is 0. The Morgan fingerprint density at radius 3 is 1.80 bits per heavy atom. The van der Waals surface area contributed by atoms with E-state index in [0.717, 1.165) is 0 Å². The predicted octanol–water partition coefficient (Wildman–Crippen LogP) is -0.311. The highest BCUT2D eigenvalue weighted by molar-refractivity contribution is 8.00. The third kappa shape index (κ3) is 2.99. The molecule has 0 aliphatic heterocycles. The molecule has 0 amide bonds. The molecule has 10 heavy (non-hydrogen) atoms. The maximum Gasteiger partial charge on any atom is 0.514 e. The van der Waals surface area contributed by atoms with Crippen LogP contribution < -0.4 is 0 Å². The highest BCUT2D eigenvalue weighted by Gasteiger charge is 2.23. The van der Waals surface area contributed by atoms with Crippen LogP contribution in [-0.2, 0) is 14.9 Å². The molecule has 0 aliphatic rings. The maximum atomic E-state index is 9.83. The lowest BCUT2D eigenvalue weighted by Gasteiger charge is -1.91. The molecule has 0 saturated heterocycles. The van der Waals surface area contributed by atoms with Crippen LogP contribution in [0.1, 0.15) is 0 Å². The van der Waals surface area contributed by atoms with E-state index < -0.39 is 21.6 Å². The van der Waals surface area contributed by atoms with Gasteiger partial charge in [-0.25, -0.2) is 9.59 Å². The van der Waals surface area contributed by atoms with Gasteiger partial charge in [0, 0.05) is 0 Å². The summed E-state index contributed by atoms with van der Waals surface area (Å²) in [5.41, 5.74) is 0. The Labute approximate surface area is 55.0 Å². The Morgan fingerprint density at radius 2 is 1.70 bits per heavy atom. The number of rotatable bonds is 0. The van der Waals surface area contributed by atoms with Crippen molar-refractivity contribution in [1.82, 2.24) is 0 Å². The number of ether oxygens (including phenoxy) is 1. The number of hydrogen-bond donors (Lipinski definition) is 2. The minimum atomic E-state index is -5.04. The molecule has 8 heteroatoms. The molecule has 0 bridgehead atoms. The molecule has 0 saturated carbocycles. The zero-order valence-corrected chi connectivity index (χ0v) is 5.16. The summed E-state index contributed by atoms with van der Waals surface area (Å²) in [7, 11) is -5.04. The molecular formula is C2H2O7S. The van der Waals surface area contributed by atoms with Crippen molar-refractivity contribution in [3.05, 3.63) is 0 Å². The first-order valence-electron chi connectivity index (χ1n) is 1.76. The van der Waals surface area contributed by atoms with Crippen molar-refractivity contribution in [2.24, 2.45) is 0 Å². The Hall–Kier alpha value is -1.15. The van der Waals surface area contributed by atoms with Gasteiger partial charge >= 0.3 is 21.6 Å². The number of carbonyl (C=O) groups excluding carboxylic acids is 1. The topological polar surface area (TPSA) is 118 Å². The average Bonchev–Trinajstić information content (AvgIpc) is 1.60. The van der Waals surface area contributed by atoms with Gasteiger partial charge in [0.05, 0.1) is 0 Å². The van der Waals surface area contributed by atoms with Crippen molar-refractivity contribution in [2.75, 3.05) is 0 Å². The van der Waals surface area contributed by atoms with E-state index in [4.69, 9.17) is 9.66 Å². The van der Waals surface area contributed by atoms with E-state index in [1.165, 1.54) is 0 Å². The van der Waals surface area contributed by atoms with Gasteiger partial charge in [-0.15, -0.1) is 0 Å². The third-order valence-corrected chi connectivity index (χ3v) is 0.886. The van der Waals surface area contributed by atoms with Crippen LogP contribution in [0.4, 0.5) is 9.59 Å². The fraction of sp³-hybridized carbons (Fsp3) is 0. The zero-order valence-electron chi connectivity index (χ0n) is 4.34. The summed E-state index contributed by atoms with van der Waals surface area (Å²) in [6, 6.07) is 0. The van der Waals surface area contributed by atoms with Crippen LogP contribution in [-0.4, -0.2) is 29.5 Å². The number of hydrogen-bond acceptors (Lipinski definition) is 5. The second-order valence-corrected chi connectivity index (χ2v) is 2.38. The van der Waals surface area contributed by atoms with Crippen molar-refractivity contribution >= 4 is 21.6 Å². The van der Waals surface area contributed by atoms with Gasteiger partial charge in [-0.05, 0) is 0 Å². The number of carbonyl (C=O) groups is 2. The molecule has 0 radical (unpaired) electrons. The van der Waals surface area contributed by atoms with Crippen molar-refractivity contribution in [3.63, 3.8) is 0 Å². The fourth-order valence-electron chi connectivity index (χ4n) is 0.124. The van der Waals surface area contributed by atoms with Crippen molar-refractivity contribution in [2.45, 2.75) is 0 Å². The quantitative estimate of drug-likeness (QED) is 0.290. The van der Waals surface area contributed by atoms with Crippen molar-refractivity contribution in [3.8, 4) is 0 Å². The van der Waals surface area contributed by atoms with Crippen LogP contribution in [0.25, 0.3) is 0 Å².